The molecule has 1 aliphatic heterocycles. The van der Waals surface area contributed by atoms with Gasteiger partial charge in [0.15, 0.2) is 0 Å². The van der Waals surface area contributed by atoms with E-state index in [1.54, 1.807) is 38.4 Å². The van der Waals surface area contributed by atoms with Crippen LogP contribution in [0.15, 0.2) is 29.2 Å². The number of hydrogen-bond acceptors (Lipinski definition) is 5. The van der Waals surface area contributed by atoms with Crippen LogP contribution in [-0.4, -0.2) is 71.2 Å². The first-order valence-electron chi connectivity index (χ1n) is 6.94. The van der Waals surface area contributed by atoms with Crippen LogP contribution in [-0.2, 0) is 14.8 Å². The van der Waals surface area contributed by atoms with Gasteiger partial charge in [-0.25, -0.2) is 8.42 Å². The second-order valence-electron chi connectivity index (χ2n) is 4.96. The standard InChI is InChI=1S/C14H22N2O4S/c1-15(7-8-16-9-11-20-12-10-16)21(17,18)14-5-3-13(19-2)4-6-14/h3-6H,7-12H2,1-2H3. The number of hydrogen-bond donors (Lipinski definition) is 0. The molecule has 0 spiro atoms. The summed E-state index contributed by atoms with van der Waals surface area (Å²) < 4.78 is 36.6. The lowest BCUT2D eigenvalue weighted by Crippen LogP contribution is -2.41. The molecule has 0 aliphatic carbocycles. The second-order valence-corrected chi connectivity index (χ2v) is 7.00. The van der Waals surface area contributed by atoms with Crippen molar-refractivity contribution in [2.24, 2.45) is 0 Å². The molecule has 21 heavy (non-hydrogen) atoms. The molecule has 1 heterocycles. The van der Waals surface area contributed by atoms with Crippen molar-refractivity contribution < 1.29 is 17.9 Å². The van der Waals surface area contributed by atoms with Gasteiger partial charge in [-0.15, -0.1) is 0 Å². The predicted octanol–water partition coefficient (Wildman–Crippen LogP) is 0.648. The van der Waals surface area contributed by atoms with Gasteiger partial charge in [-0.2, -0.15) is 4.31 Å². The van der Waals surface area contributed by atoms with Crippen LogP contribution in [0.3, 0.4) is 0 Å². The monoisotopic (exact) mass is 314 g/mol. The topological polar surface area (TPSA) is 59.1 Å². The van der Waals surface area contributed by atoms with E-state index in [1.807, 2.05) is 0 Å². The van der Waals surface area contributed by atoms with Gasteiger partial charge in [-0.3, -0.25) is 4.90 Å². The smallest absolute Gasteiger partial charge is 0.242 e. The molecule has 1 aromatic rings. The molecular formula is C14H22N2O4S. The summed E-state index contributed by atoms with van der Waals surface area (Å²) in [5, 5.41) is 0. The Morgan fingerprint density at radius 3 is 2.43 bits per heavy atom. The van der Waals surface area contributed by atoms with Gasteiger partial charge < -0.3 is 9.47 Å². The van der Waals surface area contributed by atoms with E-state index in [-0.39, 0.29) is 4.90 Å². The van der Waals surface area contributed by atoms with E-state index < -0.39 is 10.0 Å². The lowest BCUT2D eigenvalue weighted by atomic mass is 10.3. The van der Waals surface area contributed by atoms with E-state index >= 15 is 0 Å². The zero-order chi connectivity index (χ0) is 15.3. The van der Waals surface area contributed by atoms with Gasteiger partial charge in [0.25, 0.3) is 0 Å². The summed E-state index contributed by atoms with van der Waals surface area (Å²) in [5.41, 5.74) is 0. The molecule has 0 amide bonds. The minimum Gasteiger partial charge on any atom is -0.497 e. The maximum atomic E-state index is 12.4. The molecular weight excluding hydrogens is 292 g/mol. The lowest BCUT2D eigenvalue weighted by Gasteiger charge is -2.28. The lowest BCUT2D eigenvalue weighted by molar-refractivity contribution is 0.0368. The van der Waals surface area contributed by atoms with Crippen molar-refractivity contribution in [2.45, 2.75) is 4.90 Å². The van der Waals surface area contributed by atoms with Crippen LogP contribution in [0.2, 0.25) is 0 Å². The third kappa shape index (κ3) is 4.16. The van der Waals surface area contributed by atoms with Crippen LogP contribution in [0.1, 0.15) is 0 Å². The van der Waals surface area contributed by atoms with Gasteiger partial charge in [0.1, 0.15) is 5.75 Å². The first-order valence-corrected chi connectivity index (χ1v) is 8.38. The summed E-state index contributed by atoms with van der Waals surface area (Å²) in [4.78, 5) is 2.50. The molecule has 6 nitrogen and oxygen atoms in total. The largest absolute Gasteiger partial charge is 0.497 e. The molecule has 0 atom stereocenters. The third-order valence-corrected chi connectivity index (χ3v) is 5.47. The highest BCUT2D eigenvalue weighted by molar-refractivity contribution is 7.89. The summed E-state index contributed by atoms with van der Waals surface area (Å²) >= 11 is 0. The van der Waals surface area contributed by atoms with Gasteiger partial charge >= 0.3 is 0 Å². The highest BCUT2D eigenvalue weighted by atomic mass is 32.2. The Labute approximate surface area is 126 Å². The van der Waals surface area contributed by atoms with Crippen molar-refractivity contribution in [1.29, 1.82) is 0 Å². The number of ether oxygens (including phenoxy) is 2. The van der Waals surface area contributed by atoms with Crippen molar-refractivity contribution in [1.82, 2.24) is 9.21 Å². The first-order chi connectivity index (χ1) is 10.0. The molecule has 7 heteroatoms. The van der Waals surface area contributed by atoms with Gasteiger partial charge in [0.05, 0.1) is 25.2 Å². The van der Waals surface area contributed by atoms with Crippen molar-refractivity contribution in [2.75, 3.05) is 53.6 Å². The number of morpholine rings is 1. The highest BCUT2D eigenvalue weighted by Crippen LogP contribution is 2.18. The Balaban J connectivity index is 1.96. The van der Waals surface area contributed by atoms with E-state index in [1.165, 1.54) is 4.31 Å². The Hall–Kier alpha value is -1.15. The van der Waals surface area contributed by atoms with E-state index in [4.69, 9.17) is 9.47 Å². The minimum atomic E-state index is -3.44. The summed E-state index contributed by atoms with van der Waals surface area (Å²) in [5.74, 6) is 0.643. The maximum absolute atomic E-state index is 12.4. The van der Waals surface area contributed by atoms with Crippen LogP contribution in [0.4, 0.5) is 0 Å². The zero-order valence-corrected chi connectivity index (χ0v) is 13.3. The molecule has 1 aromatic carbocycles. The van der Waals surface area contributed by atoms with Crippen LogP contribution in [0.25, 0.3) is 0 Å². The average Bonchev–Trinajstić information content (AvgIpc) is 2.53. The van der Waals surface area contributed by atoms with Crippen LogP contribution >= 0.6 is 0 Å². The Bertz CT molecular complexity index is 539. The van der Waals surface area contributed by atoms with Crippen molar-refractivity contribution in [3.63, 3.8) is 0 Å². The van der Waals surface area contributed by atoms with E-state index in [0.717, 1.165) is 32.8 Å². The fourth-order valence-electron chi connectivity index (χ4n) is 2.15. The Kier molecular flexibility index (Phi) is 5.58. The quantitative estimate of drug-likeness (QED) is 0.771. The van der Waals surface area contributed by atoms with Gasteiger partial charge in [-0.05, 0) is 24.3 Å². The number of nitrogens with zero attached hydrogens (tertiary/aromatic N) is 2. The maximum Gasteiger partial charge on any atom is 0.242 e. The molecule has 0 unspecified atom stereocenters. The number of rotatable bonds is 6. The van der Waals surface area contributed by atoms with Gasteiger partial charge in [0.2, 0.25) is 10.0 Å². The van der Waals surface area contributed by atoms with Gasteiger partial charge in [0, 0.05) is 33.2 Å². The Morgan fingerprint density at radius 2 is 1.86 bits per heavy atom. The third-order valence-electron chi connectivity index (χ3n) is 3.60. The molecule has 1 fully saturated rings. The summed E-state index contributed by atoms with van der Waals surface area (Å²) in [6.07, 6.45) is 0. The van der Waals surface area contributed by atoms with Crippen LogP contribution in [0, 0.1) is 0 Å². The van der Waals surface area contributed by atoms with Crippen molar-refractivity contribution in [3.05, 3.63) is 24.3 Å². The van der Waals surface area contributed by atoms with Crippen LogP contribution < -0.4 is 4.74 Å². The summed E-state index contributed by atoms with van der Waals surface area (Å²) in [7, 11) is -0.280. The molecule has 118 valence electrons. The molecule has 0 saturated carbocycles. The van der Waals surface area contributed by atoms with Crippen molar-refractivity contribution in [3.8, 4) is 5.75 Å². The number of sulfonamides is 1. The molecule has 2 rings (SSSR count). The number of methoxy groups -OCH3 is 1. The fraction of sp³-hybridized carbons (Fsp3) is 0.571. The van der Waals surface area contributed by atoms with E-state index in [9.17, 15) is 8.42 Å². The zero-order valence-electron chi connectivity index (χ0n) is 12.5. The molecule has 0 aromatic heterocycles. The molecule has 0 radical (unpaired) electrons. The molecule has 1 aliphatic rings. The van der Waals surface area contributed by atoms with Crippen LogP contribution in [0.5, 0.6) is 5.75 Å². The molecule has 0 N–H and O–H groups in total. The van der Waals surface area contributed by atoms with E-state index in [2.05, 4.69) is 4.90 Å². The molecule has 0 bridgehead atoms. The molecule has 1 saturated heterocycles. The summed E-state index contributed by atoms with van der Waals surface area (Å²) in [6, 6.07) is 6.45. The average molecular weight is 314 g/mol. The fourth-order valence-corrected chi connectivity index (χ4v) is 3.32. The second kappa shape index (κ2) is 7.22. The van der Waals surface area contributed by atoms with Gasteiger partial charge in [-0.1, -0.05) is 0 Å². The highest BCUT2D eigenvalue weighted by Gasteiger charge is 2.21. The normalized spacial score (nSPS) is 17.1. The van der Waals surface area contributed by atoms with Crippen molar-refractivity contribution >= 4 is 10.0 Å². The summed E-state index contributed by atoms with van der Waals surface area (Å²) in [6.45, 7) is 4.33. The number of benzene rings is 1. The Morgan fingerprint density at radius 1 is 1.24 bits per heavy atom. The first kappa shape index (κ1) is 16.2. The number of likely N-dealkylation sites (N-methyl/N-ethyl adjacent to an activating group) is 1. The SMILES string of the molecule is COc1ccc(S(=O)(=O)N(C)CCN2CCOCC2)cc1. The van der Waals surface area contributed by atoms with E-state index in [0.29, 0.717) is 12.3 Å². The minimum absolute atomic E-state index is 0.285. The predicted molar refractivity (Wildman–Crippen MR) is 80.1 cm³/mol.